The minimum absolute atomic E-state index is 0.0205. The van der Waals surface area contributed by atoms with Crippen LogP contribution in [0.5, 0.6) is 0 Å². The highest BCUT2D eigenvalue weighted by Gasteiger charge is 2.28. The van der Waals surface area contributed by atoms with Crippen LogP contribution < -0.4 is 10.0 Å². The highest BCUT2D eigenvalue weighted by Crippen LogP contribution is 2.19. The first-order valence-corrected chi connectivity index (χ1v) is 10.0. The predicted octanol–water partition coefficient (Wildman–Crippen LogP) is 2.27. The molecule has 0 aliphatic rings. The van der Waals surface area contributed by atoms with Crippen LogP contribution in [-0.4, -0.2) is 32.1 Å². The van der Waals surface area contributed by atoms with Crippen molar-refractivity contribution >= 4 is 15.9 Å². The second-order valence-electron chi connectivity index (χ2n) is 6.26. The molecule has 0 saturated heterocycles. The van der Waals surface area contributed by atoms with Gasteiger partial charge in [0.05, 0.1) is 6.04 Å². The summed E-state index contributed by atoms with van der Waals surface area (Å²) in [6, 6.07) is 8.98. The van der Waals surface area contributed by atoms with E-state index in [-0.39, 0.29) is 28.2 Å². The summed E-state index contributed by atoms with van der Waals surface area (Å²) in [6.07, 6.45) is 0.865. The molecule has 0 radical (unpaired) electrons. The second-order valence-corrected chi connectivity index (χ2v) is 7.91. The molecular formula is C18H25N3O4S. The Balaban J connectivity index is 1.99. The third-order valence-electron chi connectivity index (χ3n) is 4.25. The maximum atomic E-state index is 12.5. The molecule has 0 spiro atoms. The van der Waals surface area contributed by atoms with Gasteiger partial charge in [0.2, 0.25) is 15.9 Å². The van der Waals surface area contributed by atoms with E-state index < -0.39 is 16.1 Å². The predicted molar refractivity (Wildman–Crippen MR) is 98.2 cm³/mol. The van der Waals surface area contributed by atoms with E-state index in [0.29, 0.717) is 6.54 Å². The second kappa shape index (κ2) is 8.46. The molecule has 0 fully saturated rings. The van der Waals surface area contributed by atoms with E-state index in [1.54, 1.807) is 6.92 Å². The molecule has 0 aliphatic carbocycles. The van der Waals surface area contributed by atoms with Gasteiger partial charge in [-0.3, -0.25) is 4.79 Å². The van der Waals surface area contributed by atoms with Crippen molar-refractivity contribution in [2.24, 2.45) is 0 Å². The quantitative estimate of drug-likeness (QED) is 0.733. The third kappa shape index (κ3) is 4.70. The van der Waals surface area contributed by atoms with Gasteiger partial charge in [-0.15, -0.1) is 0 Å². The van der Waals surface area contributed by atoms with Crippen LogP contribution in [0.1, 0.15) is 43.2 Å². The van der Waals surface area contributed by atoms with Gasteiger partial charge in [-0.05, 0) is 32.8 Å². The fraction of sp³-hybridized carbons (Fsp3) is 0.444. The highest BCUT2D eigenvalue weighted by atomic mass is 32.2. The lowest BCUT2D eigenvalue weighted by atomic mass is 9.96. The van der Waals surface area contributed by atoms with E-state index >= 15 is 0 Å². The monoisotopic (exact) mass is 379 g/mol. The van der Waals surface area contributed by atoms with Gasteiger partial charge in [0.1, 0.15) is 10.6 Å². The number of aromatic nitrogens is 1. The molecule has 2 aromatic rings. The van der Waals surface area contributed by atoms with E-state index in [0.717, 1.165) is 12.0 Å². The molecule has 8 heteroatoms. The fourth-order valence-corrected chi connectivity index (χ4v) is 4.34. The Bertz CT molecular complexity index is 827. The summed E-state index contributed by atoms with van der Waals surface area (Å²) in [7, 11) is -3.89. The first kappa shape index (κ1) is 20.1. The molecule has 2 unspecified atom stereocenters. The van der Waals surface area contributed by atoms with Crippen LogP contribution in [0.15, 0.2) is 39.8 Å². The number of rotatable bonds is 8. The number of hydrogen-bond acceptors (Lipinski definition) is 5. The zero-order valence-electron chi connectivity index (χ0n) is 15.4. The van der Waals surface area contributed by atoms with Gasteiger partial charge >= 0.3 is 0 Å². The maximum Gasteiger partial charge on any atom is 0.246 e. The lowest BCUT2D eigenvalue weighted by Gasteiger charge is -2.19. The van der Waals surface area contributed by atoms with Gasteiger partial charge in [0, 0.05) is 12.5 Å². The number of benzene rings is 1. The van der Waals surface area contributed by atoms with E-state index in [1.165, 1.54) is 13.8 Å². The van der Waals surface area contributed by atoms with Crippen molar-refractivity contribution in [3.05, 3.63) is 47.3 Å². The molecule has 0 bridgehead atoms. The number of nitrogens with one attached hydrogen (secondary N) is 2. The Kier molecular flexibility index (Phi) is 6.55. The molecule has 1 amide bonds. The summed E-state index contributed by atoms with van der Waals surface area (Å²) in [5, 5.41) is 6.47. The number of aryl methyl sites for hydroxylation is 2. The molecule has 1 aromatic heterocycles. The number of sulfonamides is 1. The molecule has 1 heterocycles. The van der Waals surface area contributed by atoms with Crippen LogP contribution in [0.2, 0.25) is 0 Å². The summed E-state index contributed by atoms with van der Waals surface area (Å²) < 4.78 is 32.2. The number of carbonyl (C=O) groups excluding carboxylic acids is 1. The van der Waals surface area contributed by atoms with E-state index in [1.807, 2.05) is 37.3 Å². The van der Waals surface area contributed by atoms with Crippen molar-refractivity contribution in [2.75, 3.05) is 6.54 Å². The fourth-order valence-electron chi connectivity index (χ4n) is 2.80. The number of nitrogens with zero attached hydrogens (tertiary/aromatic N) is 1. The zero-order valence-corrected chi connectivity index (χ0v) is 16.3. The van der Waals surface area contributed by atoms with Crippen LogP contribution in [0.3, 0.4) is 0 Å². The molecule has 26 heavy (non-hydrogen) atoms. The average molecular weight is 379 g/mol. The Morgan fingerprint density at radius 3 is 2.42 bits per heavy atom. The van der Waals surface area contributed by atoms with Crippen LogP contribution in [-0.2, 0) is 14.8 Å². The zero-order chi connectivity index (χ0) is 19.3. The molecule has 0 aliphatic heterocycles. The minimum atomic E-state index is -3.89. The first-order valence-electron chi connectivity index (χ1n) is 8.54. The molecular weight excluding hydrogens is 354 g/mol. The highest BCUT2D eigenvalue weighted by molar-refractivity contribution is 7.89. The Labute approximate surface area is 154 Å². The summed E-state index contributed by atoms with van der Waals surface area (Å²) in [5.74, 6) is -0.0148. The van der Waals surface area contributed by atoms with E-state index in [4.69, 9.17) is 4.52 Å². The number of amides is 1. The van der Waals surface area contributed by atoms with E-state index in [9.17, 15) is 13.2 Å². The Morgan fingerprint density at radius 2 is 1.88 bits per heavy atom. The summed E-state index contributed by atoms with van der Waals surface area (Å²) >= 11 is 0. The number of carbonyl (C=O) groups is 1. The molecule has 142 valence electrons. The van der Waals surface area contributed by atoms with Crippen molar-refractivity contribution in [3.8, 4) is 0 Å². The lowest BCUT2D eigenvalue weighted by Crippen LogP contribution is -2.45. The Hall–Kier alpha value is -2.19. The third-order valence-corrected chi connectivity index (χ3v) is 6.03. The van der Waals surface area contributed by atoms with Crippen LogP contribution in [0.25, 0.3) is 0 Å². The van der Waals surface area contributed by atoms with Gasteiger partial charge in [0.15, 0.2) is 5.76 Å². The van der Waals surface area contributed by atoms with Crippen LogP contribution in [0.4, 0.5) is 0 Å². The van der Waals surface area contributed by atoms with Gasteiger partial charge < -0.3 is 9.84 Å². The lowest BCUT2D eigenvalue weighted by molar-refractivity contribution is -0.122. The normalized spacial score (nSPS) is 14.0. The van der Waals surface area contributed by atoms with Crippen molar-refractivity contribution in [2.45, 2.75) is 51.0 Å². The minimum Gasteiger partial charge on any atom is -0.360 e. The standard InChI is InChI=1S/C18H25N3O4S/c1-5-15(16-9-7-6-8-10-16)11-19-18(22)13(3)21-26(23,24)17-12(2)20-25-14(17)4/h6-10,13,15,21H,5,11H2,1-4H3,(H,19,22). The van der Waals surface area contributed by atoms with Crippen molar-refractivity contribution < 1.29 is 17.7 Å². The molecule has 2 rings (SSSR count). The number of hydrogen-bond donors (Lipinski definition) is 2. The molecule has 2 atom stereocenters. The molecule has 1 aromatic carbocycles. The van der Waals surface area contributed by atoms with Gasteiger partial charge in [-0.25, -0.2) is 8.42 Å². The van der Waals surface area contributed by atoms with Crippen molar-refractivity contribution in [1.82, 2.24) is 15.2 Å². The summed E-state index contributed by atoms with van der Waals surface area (Å²) in [4.78, 5) is 12.3. The first-order chi connectivity index (χ1) is 12.3. The SMILES string of the molecule is CCC(CNC(=O)C(C)NS(=O)(=O)c1c(C)noc1C)c1ccccc1. The average Bonchev–Trinajstić information content (AvgIpc) is 2.95. The van der Waals surface area contributed by atoms with Crippen LogP contribution in [0, 0.1) is 13.8 Å². The van der Waals surface area contributed by atoms with Crippen LogP contribution >= 0.6 is 0 Å². The van der Waals surface area contributed by atoms with Gasteiger partial charge in [-0.1, -0.05) is 42.4 Å². The summed E-state index contributed by atoms with van der Waals surface area (Å²) in [6.45, 7) is 7.06. The Morgan fingerprint density at radius 1 is 1.23 bits per heavy atom. The van der Waals surface area contributed by atoms with Gasteiger partial charge in [-0.2, -0.15) is 4.72 Å². The van der Waals surface area contributed by atoms with Crippen molar-refractivity contribution in [3.63, 3.8) is 0 Å². The van der Waals surface area contributed by atoms with E-state index in [2.05, 4.69) is 15.2 Å². The largest absolute Gasteiger partial charge is 0.360 e. The summed E-state index contributed by atoms with van der Waals surface area (Å²) in [5.41, 5.74) is 1.40. The molecule has 7 nitrogen and oxygen atoms in total. The van der Waals surface area contributed by atoms with Gasteiger partial charge in [0.25, 0.3) is 0 Å². The molecule has 0 saturated carbocycles. The maximum absolute atomic E-state index is 12.5. The smallest absolute Gasteiger partial charge is 0.246 e. The van der Waals surface area contributed by atoms with Crippen molar-refractivity contribution in [1.29, 1.82) is 0 Å². The topological polar surface area (TPSA) is 101 Å². The molecule has 2 N–H and O–H groups in total.